The van der Waals surface area contributed by atoms with Gasteiger partial charge in [0.05, 0.1) is 13.2 Å². The summed E-state index contributed by atoms with van der Waals surface area (Å²) in [7, 11) is 1.20. The molecule has 0 heterocycles. The Balaban J connectivity index is 3.11. The summed E-state index contributed by atoms with van der Waals surface area (Å²) >= 11 is 0. The number of halogens is 3. The molecule has 26 heavy (non-hydrogen) atoms. The zero-order valence-corrected chi connectivity index (χ0v) is 13.5. The maximum absolute atomic E-state index is 12.3. The van der Waals surface area contributed by atoms with Crippen LogP contribution >= 0.6 is 0 Å². The average molecular weight is 382 g/mol. The second kappa shape index (κ2) is 8.83. The molecule has 0 bridgehead atoms. The number of carboxylic acids is 2. The fourth-order valence-corrected chi connectivity index (χ4v) is 1.99. The van der Waals surface area contributed by atoms with Gasteiger partial charge in [-0.25, -0.2) is 9.59 Å². The fraction of sp³-hybridized carbons (Fsp3) is 0.467. The Morgan fingerprint density at radius 3 is 2.27 bits per heavy atom. The maximum Gasteiger partial charge on any atom is 0.573 e. The zero-order chi connectivity index (χ0) is 20.0. The van der Waals surface area contributed by atoms with E-state index in [2.05, 4.69) is 4.74 Å². The lowest BCUT2D eigenvalue weighted by Gasteiger charge is -2.27. The van der Waals surface area contributed by atoms with Gasteiger partial charge in [0.25, 0.3) is 5.60 Å². The van der Waals surface area contributed by atoms with Crippen LogP contribution in [0.25, 0.3) is 0 Å². The van der Waals surface area contributed by atoms with Crippen molar-refractivity contribution in [1.29, 1.82) is 0 Å². The second-order valence-electron chi connectivity index (χ2n) is 5.16. The second-order valence-corrected chi connectivity index (χ2v) is 5.16. The van der Waals surface area contributed by atoms with Crippen LogP contribution in [0.4, 0.5) is 13.2 Å². The standard InChI is InChI=1S/C15H17F3O8/c1-24-11(7-19)8-25-14(12(20)21,13(22)23)6-9-3-2-4-10(5-9)26-15(16,17)18/h2-5,11,19H,6-8H2,1H3,(H,20,21)(H,22,23)/t11-/m0/s1. The van der Waals surface area contributed by atoms with Gasteiger partial charge in [0.15, 0.2) is 0 Å². The molecular weight excluding hydrogens is 365 g/mol. The van der Waals surface area contributed by atoms with Gasteiger partial charge in [-0.15, -0.1) is 13.2 Å². The molecule has 0 amide bonds. The third-order valence-corrected chi connectivity index (χ3v) is 3.33. The lowest BCUT2D eigenvalue weighted by molar-refractivity contribution is -0.274. The highest BCUT2D eigenvalue weighted by atomic mass is 19.4. The molecule has 0 saturated heterocycles. The number of rotatable bonds is 10. The summed E-state index contributed by atoms with van der Waals surface area (Å²) in [6.45, 7) is -1.12. The number of alkyl halides is 3. The smallest absolute Gasteiger partial charge is 0.479 e. The monoisotopic (exact) mass is 382 g/mol. The van der Waals surface area contributed by atoms with E-state index < -0.39 is 55.4 Å². The van der Waals surface area contributed by atoms with Crippen LogP contribution in [0.3, 0.4) is 0 Å². The third kappa shape index (κ3) is 5.86. The Hall–Kier alpha value is -2.37. The molecule has 0 aromatic heterocycles. The van der Waals surface area contributed by atoms with Crippen LogP contribution in [-0.4, -0.2) is 65.6 Å². The van der Waals surface area contributed by atoms with Gasteiger partial charge >= 0.3 is 18.3 Å². The Morgan fingerprint density at radius 1 is 1.19 bits per heavy atom. The van der Waals surface area contributed by atoms with Crippen molar-refractivity contribution in [3.05, 3.63) is 29.8 Å². The van der Waals surface area contributed by atoms with Gasteiger partial charge in [-0.05, 0) is 17.7 Å². The van der Waals surface area contributed by atoms with Gasteiger partial charge in [-0.1, -0.05) is 12.1 Å². The van der Waals surface area contributed by atoms with E-state index in [1.54, 1.807) is 0 Å². The molecular formula is C15H17F3O8. The average Bonchev–Trinajstić information content (AvgIpc) is 2.52. The number of carbonyl (C=O) groups is 2. The van der Waals surface area contributed by atoms with Crippen LogP contribution in [0.2, 0.25) is 0 Å². The van der Waals surface area contributed by atoms with E-state index in [0.717, 1.165) is 18.2 Å². The molecule has 0 aliphatic rings. The highest BCUT2D eigenvalue weighted by Gasteiger charge is 2.49. The third-order valence-electron chi connectivity index (χ3n) is 3.33. The number of aliphatic carboxylic acids is 2. The van der Waals surface area contributed by atoms with Crippen molar-refractivity contribution in [2.45, 2.75) is 24.5 Å². The summed E-state index contributed by atoms with van der Waals surface area (Å²) in [6, 6.07) is 4.22. The fourth-order valence-electron chi connectivity index (χ4n) is 1.99. The minimum Gasteiger partial charge on any atom is -0.479 e. The number of ether oxygens (including phenoxy) is 3. The highest BCUT2D eigenvalue weighted by Crippen LogP contribution is 2.26. The molecule has 0 aliphatic carbocycles. The van der Waals surface area contributed by atoms with E-state index >= 15 is 0 Å². The molecule has 8 nitrogen and oxygen atoms in total. The van der Waals surface area contributed by atoms with E-state index in [9.17, 15) is 33.0 Å². The van der Waals surface area contributed by atoms with Crippen LogP contribution in [-0.2, 0) is 25.5 Å². The molecule has 0 unspecified atom stereocenters. The van der Waals surface area contributed by atoms with Gasteiger partial charge < -0.3 is 29.5 Å². The molecule has 1 aromatic rings. The predicted molar refractivity (Wildman–Crippen MR) is 78.7 cm³/mol. The molecule has 1 aromatic carbocycles. The summed E-state index contributed by atoms with van der Waals surface area (Å²) in [5, 5.41) is 27.7. The molecule has 0 radical (unpaired) electrons. The predicted octanol–water partition coefficient (Wildman–Crippen LogP) is 1.06. The van der Waals surface area contributed by atoms with E-state index in [4.69, 9.17) is 14.6 Å². The van der Waals surface area contributed by atoms with E-state index in [-0.39, 0.29) is 5.56 Å². The van der Waals surface area contributed by atoms with Gasteiger partial charge in [-0.2, -0.15) is 0 Å². The van der Waals surface area contributed by atoms with Crippen LogP contribution in [0.15, 0.2) is 24.3 Å². The minimum absolute atomic E-state index is 0.0745. The van der Waals surface area contributed by atoms with E-state index in [1.807, 2.05) is 0 Å². The molecule has 0 aliphatic heterocycles. The molecule has 3 N–H and O–H groups in total. The normalized spacial score (nSPS) is 13.3. The first-order chi connectivity index (χ1) is 12.0. The van der Waals surface area contributed by atoms with Crippen molar-refractivity contribution >= 4 is 11.9 Å². The first kappa shape index (κ1) is 21.7. The van der Waals surface area contributed by atoms with Crippen molar-refractivity contribution in [3.8, 4) is 5.75 Å². The SMILES string of the molecule is CO[C@@H](CO)COC(Cc1cccc(OC(F)(F)F)c1)(C(=O)O)C(=O)O. The lowest BCUT2D eigenvalue weighted by atomic mass is 9.94. The molecule has 1 atom stereocenters. The molecule has 146 valence electrons. The number of hydrogen-bond acceptors (Lipinski definition) is 6. The summed E-state index contributed by atoms with van der Waals surface area (Å²) in [4.78, 5) is 23.1. The lowest BCUT2D eigenvalue weighted by Crippen LogP contribution is -2.52. The molecule has 0 saturated carbocycles. The van der Waals surface area contributed by atoms with Crippen molar-refractivity contribution < 1.29 is 52.3 Å². The van der Waals surface area contributed by atoms with Crippen molar-refractivity contribution in [1.82, 2.24) is 0 Å². The van der Waals surface area contributed by atoms with Crippen LogP contribution < -0.4 is 4.74 Å². The van der Waals surface area contributed by atoms with Crippen molar-refractivity contribution in [2.75, 3.05) is 20.3 Å². The highest BCUT2D eigenvalue weighted by molar-refractivity contribution is 6.02. The first-order valence-corrected chi connectivity index (χ1v) is 7.13. The van der Waals surface area contributed by atoms with Crippen LogP contribution in [0.1, 0.15) is 5.56 Å². The number of methoxy groups -OCH3 is 1. The summed E-state index contributed by atoms with van der Waals surface area (Å²) in [5.41, 5.74) is -2.86. The minimum atomic E-state index is -4.96. The summed E-state index contributed by atoms with van der Waals surface area (Å²) < 4.78 is 50.3. The first-order valence-electron chi connectivity index (χ1n) is 7.13. The largest absolute Gasteiger partial charge is 0.573 e. The number of aliphatic hydroxyl groups excluding tert-OH is 1. The molecule has 0 spiro atoms. The number of benzene rings is 1. The molecule has 1 rings (SSSR count). The zero-order valence-electron chi connectivity index (χ0n) is 13.5. The Labute approximate surface area is 145 Å². The Kier molecular flexibility index (Phi) is 7.36. The topological polar surface area (TPSA) is 123 Å². The van der Waals surface area contributed by atoms with Gasteiger partial charge in [0.2, 0.25) is 0 Å². The van der Waals surface area contributed by atoms with E-state index in [0.29, 0.717) is 0 Å². The Bertz CT molecular complexity index is 614. The van der Waals surface area contributed by atoms with Gasteiger partial charge in [0.1, 0.15) is 11.9 Å². The molecule has 11 heteroatoms. The maximum atomic E-state index is 12.3. The summed E-state index contributed by atoms with van der Waals surface area (Å²) in [5.74, 6) is -4.36. The quantitative estimate of drug-likeness (QED) is 0.514. The molecule has 0 fully saturated rings. The Morgan fingerprint density at radius 2 is 1.81 bits per heavy atom. The van der Waals surface area contributed by atoms with Crippen molar-refractivity contribution in [2.24, 2.45) is 0 Å². The van der Waals surface area contributed by atoms with Crippen LogP contribution in [0, 0.1) is 0 Å². The summed E-state index contributed by atoms with van der Waals surface area (Å²) in [6.07, 6.45) is -6.72. The van der Waals surface area contributed by atoms with Gasteiger partial charge in [-0.3, -0.25) is 0 Å². The van der Waals surface area contributed by atoms with Gasteiger partial charge in [0, 0.05) is 13.5 Å². The van der Waals surface area contributed by atoms with Crippen LogP contribution in [0.5, 0.6) is 5.75 Å². The number of aliphatic hydroxyl groups is 1. The number of carboxylic acid groups (broad SMARTS) is 2. The number of hydrogen-bond donors (Lipinski definition) is 3. The van der Waals surface area contributed by atoms with E-state index in [1.165, 1.54) is 13.2 Å². The van der Waals surface area contributed by atoms with Crippen molar-refractivity contribution in [3.63, 3.8) is 0 Å².